The van der Waals surface area contributed by atoms with Gasteiger partial charge < -0.3 is 5.32 Å². The average molecular weight is 244 g/mol. The van der Waals surface area contributed by atoms with E-state index in [2.05, 4.69) is 5.32 Å². The molecule has 2 rings (SSSR count). The fourth-order valence-corrected chi connectivity index (χ4v) is 3.26. The molecule has 2 aliphatic carbocycles. The van der Waals surface area contributed by atoms with Crippen LogP contribution in [0.4, 0.5) is 0 Å². The molecule has 0 aliphatic heterocycles. The normalized spacial score (nSPS) is 32.3. The maximum Gasteiger partial charge on any atom is 0.223 e. The molecule has 1 N–H and O–H groups in total. The second kappa shape index (κ2) is 5.90. The molecule has 2 nitrogen and oxygen atoms in total. The van der Waals surface area contributed by atoms with Crippen molar-refractivity contribution in [2.45, 2.75) is 69.2 Å². The molecular weight excluding hydrogens is 222 g/mol. The first-order valence-corrected chi connectivity index (χ1v) is 7.15. The van der Waals surface area contributed by atoms with E-state index in [9.17, 15) is 4.79 Å². The lowest BCUT2D eigenvalue weighted by atomic mass is 9.99. The maximum atomic E-state index is 12.1. The van der Waals surface area contributed by atoms with Crippen molar-refractivity contribution in [3.05, 3.63) is 0 Å². The van der Waals surface area contributed by atoms with Crippen molar-refractivity contribution in [1.82, 2.24) is 5.32 Å². The summed E-state index contributed by atoms with van der Waals surface area (Å²) in [5.74, 6) is 0.520. The molecule has 0 saturated heterocycles. The van der Waals surface area contributed by atoms with Crippen molar-refractivity contribution in [2.75, 3.05) is 0 Å². The number of hydrogen-bond donors (Lipinski definition) is 1. The van der Waals surface area contributed by atoms with E-state index in [1.165, 1.54) is 25.7 Å². The molecule has 0 aromatic carbocycles. The standard InChI is InChI=1S/C13H22ClNO/c14-11-8-5-9-12(11)15-13(16)10-6-3-1-2-4-7-10/h10-12H,1-9H2,(H,15,16). The summed E-state index contributed by atoms with van der Waals surface area (Å²) >= 11 is 6.18. The molecule has 1 amide bonds. The van der Waals surface area contributed by atoms with Crippen molar-refractivity contribution in [3.63, 3.8) is 0 Å². The van der Waals surface area contributed by atoms with E-state index < -0.39 is 0 Å². The van der Waals surface area contributed by atoms with Crippen LogP contribution >= 0.6 is 11.6 Å². The summed E-state index contributed by atoms with van der Waals surface area (Å²) in [6.07, 6.45) is 10.4. The van der Waals surface area contributed by atoms with Gasteiger partial charge in [0.25, 0.3) is 0 Å². The van der Waals surface area contributed by atoms with E-state index in [1.54, 1.807) is 0 Å². The van der Waals surface area contributed by atoms with Crippen LogP contribution < -0.4 is 5.32 Å². The molecule has 3 heteroatoms. The zero-order valence-corrected chi connectivity index (χ0v) is 10.6. The lowest BCUT2D eigenvalue weighted by Gasteiger charge is -2.20. The number of carbonyl (C=O) groups is 1. The molecule has 2 aliphatic rings. The van der Waals surface area contributed by atoms with Gasteiger partial charge in [0.15, 0.2) is 0 Å². The molecule has 2 atom stereocenters. The van der Waals surface area contributed by atoms with Gasteiger partial charge in [0.05, 0.1) is 5.38 Å². The van der Waals surface area contributed by atoms with Crippen molar-refractivity contribution in [1.29, 1.82) is 0 Å². The van der Waals surface area contributed by atoms with Crippen LogP contribution in [0.5, 0.6) is 0 Å². The van der Waals surface area contributed by atoms with Crippen molar-refractivity contribution in [3.8, 4) is 0 Å². The molecule has 0 radical (unpaired) electrons. The Morgan fingerprint density at radius 1 is 0.938 bits per heavy atom. The maximum absolute atomic E-state index is 12.1. The number of carbonyl (C=O) groups excluding carboxylic acids is 1. The van der Waals surface area contributed by atoms with E-state index in [0.29, 0.717) is 0 Å². The number of nitrogens with one attached hydrogen (secondary N) is 1. The monoisotopic (exact) mass is 243 g/mol. The minimum Gasteiger partial charge on any atom is -0.352 e. The molecule has 0 heterocycles. The van der Waals surface area contributed by atoms with Crippen molar-refractivity contribution < 1.29 is 4.79 Å². The fraction of sp³-hybridized carbons (Fsp3) is 0.923. The summed E-state index contributed by atoms with van der Waals surface area (Å²) in [5, 5.41) is 3.32. The number of amides is 1. The second-order valence-corrected chi connectivity index (χ2v) is 5.81. The van der Waals surface area contributed by atoms with E-state index in [0.717, 1.165) is 32.1 Å². The zero-order valence-electron chi connectivity index (χ0n) is 9.88. The number of alkyl halides is 1. The Bertz CT molecular complexity index is 236. The Balaban J connectivity index is 1.81. The van der Waals surface area contributed by atoms with Gasteiger partial charge in [0, 0.05) is 12.0 Å². The highest BCUT2D eigenvalue weighted by Crippen LogP contribution is 2.26. The van der Waals surface area contributed by atoms with Crippen molar-refractivity contribution >= 4 is 17.5 Å². The molecule has 16 heavy (non-hydrogen) atoms. The van der Waals surface area contributed by atoms with Crippen LogP contribution in [0.1, 0.15) is 57.8 Å². The van der Waals surface area contributed by atoms with Gasteiger partial charge in [0.2, 0.25) is 5.91 Å². The van der Waals surface area contributed by atoms with Gasteiger partial charge in [-0.25, -0.2) is 0 Å². The van der Waals surface area contributed by atoms with E-state index in [4.69, 9.17) is 11.6 Å². The Morgan fingerprint density at radius 2 is 1.62 bits per heavy atom. The average Bonchev–Trinajstić information content (AvgIpc) is 2.57. The number of halogens is 1. The largest absolute Gasteiger partial charge is 0.352 e. The van der Waals surface area contributed by atoms with Crippen LogP contribution in [0.25, 0.3) is 0 Å². The molecule has 92 valence electrons. The van der Waals surface area contributed by atoms with Crippen LogP contribution in [0.15, 0.2) is 0 Å². The third-order valence-corrected chi connectivity index (χ3v) is 4.51. The Kier molecular flexibility index (Phi) is 4.51. The molecule has 0 aromatic heterocycles. The summed E-state index contributed by atoms with van der Waals surface area (Å²) in [5.41, 5.74) is 0. The first kappa shape index (κ1) is 12.2. The minimum atomic E-state index is 0.162. The van der Waals surface area contributed by atoms with Gasteiger partial charge in [-0.15, -0.1) is 11.6 Å². The Labute approximate surface area is 103 Å². The summed E-state index contributed by atoms with van der Waals surface area (Å²) in [6, 6.07) is 0.234. The van der Waals surface area contributed by atoms with Crippen LogP contribution in [-0.2, 0) is 4.79 Å². The molecule has 2 fully saturated rings. The highest BCUT2D eigenvalue weighted by Gasteiger charge is 2.29. The first-order valence-electron chi connectivity index (χ1n) is 6.72. The summed E-state index contributed by atoms with van der Waals surface area (Å²) in [6.45, 7) is 0. The highest BCUT2D eigenvalue weighted by atomic mass is 35.5. The van der Waals surface area contributed by atoms with Gasteiger partial charge in [0.1, 0.15) is 0 Å². The molecule has 0 bridgehead atoms. The van der Waals surface area contributed by atoms with Gasteiger partial charge in [-0.05, 0) is 32.1 Å². The van der Waals surface area contributed by atoms with Gasteiger partial charge in [-0.2, -0.15) is 0 Å². The summed E-state index contributed by atoms with van der Waals surface area (Å²) < 4.78 is 0. The van der Waals surface area contributed by atoms with Crippen LogP contribution in [0.3, 0.4) is 0 Å². The van der Waals surface area contributed by atoms with Gasteiger partial charge in [-0.3, -0.25) is 4.79 Å². The van der Waals surface area contributed by atoms with Crippen LogP contribution in [0, 0.1) is 5.92 Å². The summed E-state index contributed by atoms with van der Waals surface area (Å²) in [4.78, 5) is 12.1. The van der Waals surface area contributed by atoms with E-state index in [1.807, 2.05) is 0 Å². The Hall–Kier alpha value is -0.240. The lowest BCUT2D eigenvalue weighted by Crippen LogP contribution is -2.41. The molecular formula is C13H22ClNO. The van der Waals surface area contributed by atoms with Crippen LogP contribution in [0.2, 0.25) is 0 Å². The number of hydrogen-bond acceptors (Lipinski definition) is 1. The topological polar surface area (TPSA) is 29.1 Å². The number of rotatable bonds is 2. The van der Waals surface area contributed by atoms with Gasteiger partial charge >= 0.3 is 0 Å². The molecule has 2 unspecified atom stereocenters. The smallest absolute Gasteiger partial charge is 0.223 e. The van der Waals surface area contributed by atoms with Gasteiger partial charge in [-0.1, -0.05) is 25.7 Å². The quantitative estimate of drug-likeness (QED) is 0.586. The summed E-state index contributed by atoms with van der Waals surface area (Å²) in [7, 11) is 0. The van der Waals surface area contributed by atoms with Crippen molar-refractivity contribution in [2.24, 2.45) is 5.92 Å². The first-order chi connectivity index (χ1) is 7.77. The van der Waals surface area contributed by atoms with E-state index in [-0.39, 0.29) is 23.2 Å². The molecule has 2 saturated carbocycles. The predicted molar refractivity (Wildman–Crippen MR) is 66.6 cm³/mol. The fourth-order valence-electron chi connectivity index (χ4n) is 2.92. The van der Waals surface area contributed by atoms with Crippen LogP contribution in [-0.4, -0.2) is 17.3 Å². The molecule has 0 aromatic rings. The third kappa shape index (κ3) is 3.13. The third-order valence-electron chi connectivity index (χ3n) is 3.99. The second-order valence-electron chi connectivity index (χ2n) is 5.25. The Morgan fingerprint density at radius 3 is 2.19 bits per heavy atom. The SMILES string of the molecule is O=C(NC1CCCC1Cl)C1CCCCCC1. The van der Waals surface area contributed by atoms with E-state index >= 15 is 0 Å². The highest BCUT2D eigenvalue weighted by molar-refractivity contribution is 6.21. The molecule has 0 spiro atoms. The predicted octanol–water partition coefficient (Wildman–Crippen LogP) is 3.23. The lowest BCUT2D eigenvalue weighted by molar-refractivity contribution is -0.126. The zero-order chi connectivity index (χ0) is 11.4. The minimum absolute atomic E-state index is 0.162.